The fourth-order valence-corrected chi connectivity index (χ4v) is 0.614. The van der Waals surface area contributed by atoms with E-state index < -0.39 is 12.1 Å². The molecule has 6 heteroatoms. The number of aromatic nitrogens is 1. The van der Waals surface area contributed by atoms with Crippen molar-refractivity contribution in [3.63, 3.8) is 0 Å². The molecule has 0 N–H and O–H groups in total. The first-order valence-corrected chi connectivity index (χ1v) is 2.95. The van der Waals surface area contributed by atoms with Crippen molar-refractivity contribution in [1.82, 2.24) is 4.98 Å². The van der Waals surface area contributed by atoms with E-state index in [0.717, 1.165) is 6.07 Å². The number of ether oxygens (including phenoxy) is 1. The topological polar surface area (TPSA) is 22.1 Å². The maximum Gasteiger partial charge on any atom is 0.573 e. The first-order chi connectivity index (χ1) is 5.49. The summed E-state index contributed by atoms with van der Waals surface area (Å²) in [5.41, 5.74) is -0.283. The van der Waals surface area contributed by atoms with E-state index in [1.807, 2.05) is 0 Å². The number of rotatable bonds is 1. The summed E-state index contributed by atoms with van der Waals surface area (Å²) >= 11 is 0. The predicted molar refractivity (Wildman–Crippen MR) is 36.3 cm³/mol. The van der Waals surface area contributed by atoms with E-state index >= 15 is 0 Å². The minimum absolute atomic E-state index is 0.283. The third kappa shape index (κ3) is 2.45. The van der Waals surface area contributed by atoms with Crippen molar-refractivity contribution in [3.05, 3.63) is 18.3 Å². The van der Waals surface area contributed by atoms with E-state index in [-0.39, 0.29) is 5.59 Å². The van der Waals surface area contributed by atoms with Gasteiger partial charge in [-0.3, -0.25) is 4.98 Å². The molecule has 1 rings (SSSR count). The van der Waals surface area contributed by atoms with Crippen molar-refractivity contribution in [3.8, 4) is 5.75 Å². The van der Waals surface area contributed by atoms with Gasteiger partial charge in [0.15, 0.2) is 0 Å². The summed E-state index contributed by atoms with van der Waals surface area (Å²) in [4.78, 5) is 3.42. The highest BCUT2D eigenvalue weighted by atomic mass is 19.4. The number of hydrogen-bond donors (Lipinski definition) is 0. The molecule has 1 aromatic heterocycles. The molecule has 0 aliphatic carbocycles. The lowest BCUT2D eigenvalue weighted by Crippen LogP contribution is -2.23. The lowest BCUT2D eigenvalue weighted by atomic mass is 10.0. The Hall–Kier alpha value is -1.20. The van der Waals surface area contributed by atoms with E-state index in [0.29, 0.717) is 0 Å². The molecule has 0 aliphatic rings. The van der Waals surface area contributed by atoms with Crippen LogP contribution in [0.3, 0.4) is 0 Å². The highest BCUT2D eigenvalue weighted by molar-refractivity contribution is 6.32. The number of pyridine rings is 1. The highest BCUT2D eigenvalue weighted by Crippen LogP contribution is 2.19. The molecule has 0 saturated heterocycles. The molecule has 0 fully saturated rings. The van der Waals surface area contributed by atoms with Gasteiger partial charge in [-0.1, -0.05) is 0 Å². The maximum atomic E-state index is 11.6. The fourth-order valence-electron chi connectivity index (χ4n) is 0.614. The van der Waals surface area contributed by atoms with E-state index in [4.69, 9.17) is 7.85 Å². The second kappa shape index (κ2) is 3.04. The van der Waals surface area contributed by atoms with Crippen LogP contribution in [0.25, 0.3) is 0 Å². The van der Waals surface area contributed by atoms with E-state index in [1.54, 1.807) is 0 Å². The molecule has 0 unspecified atom stereocenters. The van der Waals surface area contributed by atoms with Gasteiger partial charge in [0, 0.05) is 11.8 Å². The van der Waals surface area contributed by atoms with Crippen LogP contribution >= 0.6 is 0 Å². The van der Waals surface area contributed by atoms with Crippen LogP contribution in [-0.4, -0.2) is 19.2 Å². The second-order valence-electron chi connectivity index (χ2n) is 1.93. The number of nitrogens with zero attached hydrogens (tertiary/aromatic N) is 1. The molecule has 62 valence electrons. The zero-order chi connectivity index (χ0) is 9.19. The van der Waals surface area contributed by atoms with Crippen LogP contribution in [0.15, 0.2) is 18.3 Å². The zero-order valence-corrected chi connectivity index (χ0v) is 5.80. The molecule has 2 radical (unpaired) electrons. The number of alkyl halides is 3. The van der Waals surface area contributed by atoms with Crippen molar-refractivity contribution in [1.29, 1.82) is 0 Å². The number of hydrogen-bond acceptors (Lipinski definition) is 2. The van der Waals surface area contributed by atoms with Crippen molar-refractivity contribution < 1.29 is 17.9 Å². The van der Waals surface area contributed by atoms with Gasteiger partial charge >= 0.3 is 6.36 Å². The second-order valence-corrected chi connectivity index (χ2v) is 1.93. The first-order valence-electron chi connectivity index (χ1n) is 2.95. The summed E-state index contributed by atoms with van der Waals surface area (Å²) < 4.78 is 38.4. The van der Waals surface area contributed by atoms with Crippen molar-refractivity contribution >= 4 is 13.4 Å². The Bertz CT molecular complexity index is 276. The van der Waals surface area contributed by atoms with Crippen molar-refractivity contribution in [2.24, 2.45) is 0 Å². The zero-order valence-electron chi connectivity index (χ0n) is 5.80. The van der Waals surface area contributed by atoms with Crippen molar-refractivity contribution in [2.45, 2.75) is 6.36 Å². The SMILES string of the molecule is [B]c1ncccc1OC(F)(F)F. The maximum absolute atomic E-state index is 11.6. The molecule has 0 atom stereocenters. The van der Waals surface area contributed by atoms with Crippen LogP contribution in [0.5, 0.6) is 5.75 Å². The van der Waals surface area contributed by atoms with Gasteiger partial charge in [0.05, 0.1) is 0 Å². The molecule has 1 heterocycles. The molecular formula is C6H3BF3NO. The van der Waals surface area contributed by atoms with Crippen LogP contribution < -0.4 is 10.3 Å². The Morgan fingerprint density at radius 2 is 2.08 bits per heavy atom. The Labute approximate surface area is 67.8 Å². The monoisotopic (exact) mass is 173 g/mol. The van der Waals surface area contributed by atoms with Crippen LogP contribution in [0.2, 0.25) is 0 Å². The molecule has 0 saturated carbocycles. The fraction of sp³-hybridized carbons (Fsp3) is 0.167. The van der Waals surface area contributed by atoms with Crippen LogP contribution in [-0.2, 0) is 0 Å². The third-order valence-corrected chi connectivity index (χ3v) is 1.03. The third-order valence-electron chi connectivity index (χ3n) is 1.03. The summed E-state index contributed by atoms with van der Waals surface area (Å²) in [6.45, 7) is 0. The normalized spacial score (nSPS) is 11.2. The van der Waals surface area contributed by atoms with Crippen LogP contribution in [0, 0.1) is 0 Å². The van der Waals surface area contributed by atoms with Crippen LogP contribution in [0.4, 0.5) is 13.2 Å². The molecular weight excluding hydrogens is 170 g/mol. The van der Waals surface area contributed by atoms with Gasteiger partial charge in [0.1, 0.15) is 13.6 Å². The molecule has 1 aromatic rings. The average molecular weight is 173 g/mol. The summed E-state index contributed by atoms with van der Waals surface area (Å²) in [7, 11) is 5.09. The predicted octanol–water partition coefficient (Wildman–Crippen LogP) is 0.774. The smallest absolute Gasteiger partial charge is 0.405 e. The van der Waals surface area contributed by atoms with Gasteiger partial charge in [-0.2, -0.15) is 0 Å². The summed E-state index contributed by atoms with van der Waals surface area (Å²) in [6.07, 6.45) is -3.45. The lowest BCUT2D eigenvalue weighted by Gasteiger charge is -2.09. The molecule has 0 aliphatic heterocycles. The first kappa shape index (κ1) is 8.90. The lowest BCUT2D eigenvalue weighted by molar-refractivity contribution is -0.274. The van der Waals surface area contributed by atoms with Gasteiger partial charge in [0.25, 0.3) is 0 Å². The standard InChI is InChI=1S/C6H3BF3NO/c7-5-4(2-1-3-11-5)12-6(8,9)10/h1-3H. The van der Waals surface area contributed by atoms with E-state index in [2.05, 4.69) is 9.72 Å². The largest absolute Gasteiger partial charge is 0.573 e. The Morgan fingerprint density at radius 3 is 2.58 bits per heavy atom. The summed E-state index contributed by atoms with van der Waals surface area (Å²) in [5, 5.41) is 0. The molecule has 2 nitrogen and oxygen atoms in total. The molecule has 0 spiro atoms. The van der Waals surface area contributed by atoms with Crippen molar-refractivity contribution in [2.75, 3.05) is 0 Å². The Morgan fingerprint density at radius 1 is 1.42 bits per heavy atom. The molecule has 0 amide bonds. The van der Waals surface area contributed by atoms with Gasteiger partial charge < -0.3 is 4.74 Å². The molecule has 0 aromatic carbocycles. The molecule has 0 bridgehead atoms. The molecule has 12 heavy (non-hydrogen) atoms. The Kier molecular flexibility index (Phi) is 2.26. The average Bonchev–Trinajstić information content (AvgIpc) is 1.91. The van der Waals surface area contributed by atoms with Gasteiger partial charge in [-0.25, -0.2) is 0 Å². The minimum Gasteiger partial charge on any atom is -0.405 e. The summed E-state index contributed by atoms with van der Waals surface area (Å²) in [6, 6.07) is 2.40. The highest BCUT2D eigenvalue weighted by Gasteiger charge is 2.31. The van der Waals surface area contributed by atoms with Crippen LogP contribution in [0.1, 0.15) is 0 Å². The van der Waals surface area contributed by atoms with E-state index in [1.165, 1.54) is 12.3 Å². The number of halogens is 3. The Balaban J connectivity index is 2.83. The summed E-state index contributed by atoms with van der Waals surface area (Å²) in [5.74, 6) is -0.481. The van der Waals surface area contributed by atoms with Gasteiger partial charge in [0.2, 0.25) is 0 Å². The van der Waals surface area contributed by atoms with Gasteiger partial charge in [-0.15, -0.1) is 13.2 Å². The van der Waals surface area contributed by atoms with Gasteiger partial charge in [-0.05, 0) is 12.1 Å². The van der Waals surface area contributed by atoms with E-state index in [9.17, 15) is 13.2 Å². The quantitative estimate of drug-likeness (QED) is 0.585. The minimum atomic E-state index is -4.73.